The van der Waals surface area contributed by atoms with E-state index in [1.54, 1.807) is 4.90 Å². The lowest BCUT2D eigenvalue weighted by atomic mass is 9.43. The molecule has 8 nitrogen and oxygen atoms in total. The van der Waals surface area contributed by atoms with E-state index in [2.05, 4.69) is 24.2 Å². The SMILES string of the molecule is CCN(C)CC12CC3CC(C1)CC(C(=O)N1C[C@H](O)CC1C(=O)NC(CC1CCC4CCCCC4C1)C(=O)N(C)CC1CCCCC1Cl)(C3)C2. The maximum Gasteiger partial charge on any atom is 0.244 e. The average Bonchev–Trinajstić information content (AvgIpc) is 3.48. The Morgan fingerprint density at radius 1 is 0.900 bits per heavy atom. The molecule has 0 aromatic carbocycles. The summed E-state index contributed by atoms with van der Waals surface area (Å²) in [5.74, 6) is 3.18. The van der Waals surface area contributed by atoms with Gasteiger partial charge in [0.2, 0.25) is 17.7 Å². The lowest BCUT2D eigenvalue weighted by Crippen LogP contribution is -2.62. The van der Waals surface area contributed by atoms with Crippen molar-refractivity contribution in [2.45, 2.75) is 152 Å². The van der Waals surface area contributed by atoms with Gasteiger partial charge in [-0.2, -0.15) is 0 Å². The van der Waals surface area contributed by atoms with Gasteiger partial charge in [-0.15, -0.1) is 11.6 Å². The molecule has 282 valence electrons. The molecule has 50 heavy (non-hydrogen) atoms. The summed E-state index contributed by atoms with van der Waals surface area (Å²) in [4.78, 5) is 49.6. The number of nitrogens with zero attached hydrogens (tertiary/aromatic N) is 3. The summed E-state index contributed by atoms with van der Waals surface area (Å²) in [5.41, 5.74) is -0.270. The van der Waals surface area contributed by atoms with Gasteiger partial charge in [-0.25, -0.2) is 0 Å². The Labute approximate surface area is 307 Å². The zero-order valence-electron chi connectivity index (χ0n) is 31.4. The minimum atomic E-state index is -0.736. The number of amides is 3. The van der Waals surface area contributed by atoms with Gasteiger partial charge in [-0.05, 0) is 125 Å². The molecule has 1 heterocycles. The van der Waals surface area contributed by atoms with E-state index >= 15 is 0 Å². The highest BCUT2D eigenvalue weighted by Gasteiger charge is 2.62. The van der Waals surface area contributed by atoms with Gasteiger partial charge in [0.05, 0.1) is 11.5 Å². The van der Waals surface area contributed by atoms with Gasteiger partial charge in [0.1, 0.15) is 12.1 Å². The monoisotopic (exact) mass is 714 g/mol. The Balaban J connectivity index is 1.07. The van der Waals surface area contributed by atoms with Crippen LogP contribution in [0.4, 0.5) is 0 Å². The maximum absolute atomic E-state index is 14.8. The first-order valence-corrected chi connectivity index (χ1v) is 21.3. The topological polar surface area (TPSA) is 93.2 Å². The van der Waals surface area contributed by atoms with Gasteiger partial charge in [-0.1, -0.05) is 51.9 Å². The molecule has 4 bridgehead atoms. The number of halogens is 1. The van der Waals surface area contributed by atoms with Crippen molar-refractivity contribution >= 4 is 29.3 Å². The molecule has 0 radical (unpaired) electrons. The number of likely N-dealkylation sites (N-methyl/N-ethyl adjacent to an activating group) is 1. The van der Waals surface area contributed by atoms with Crippen molar-refractivity contribution in [2.24, 2.45) is 46.3 Å². The quantitative estimate of drug-likeness (QED) is 0.248. The normalized spacial score (nSPS) is 41.6. The first kappa shape index (κ1) is 37.0. The van der Waals surface area contributed by atoms with Crippen molar-refractivity contribution in [3.63, 3.8) is 0 Å². The summed E-state index contributed by atoms with van der Waals surface area (Å²) in [6.45, 7) is 5.06. The lowest BCUT2D eigenvalue weighted by molar-refractivity contribution is -0.172. The van der Waals surface area contributed by atoms with Gasteiger partial charge in [0, 0.05) is 38.5 Å². The number of likely N-dealkylation sites (tertiary alicyclic amines) is 1. The van der Waals surface area contributed by atoms with Crippen molar-refractivity contribution in [2.75, 3.05) is 40.3 Å². The molecule has 1 saturated heterocycles. The standard InChI is InChI=1S/C41H67ClN4O4/c1-4-44(2)26-40-19-28-15-29(20-40)22-41(21-28,25-40)39(50)46-24-33(47)18-36(46)37(48)43-35(17-27-13-14-30-9-5-6-10-31(30)16-27)38(49)45(3)23-32-11-7-8-12-34(32)42/h27-36,47H,4-26H2,1-3H3,(H,43,48)/t27?,28?,29?,30?,31?,32?,33-,34?,35?,36?,40?,41?/m1/s1. The number of fused-ring (bicyclic) bond motifs is 1. The summed E-state index contributed by atoms with van der Waals surface area (Å²) in [5, 5.41) is 14.3. The summed E-state index contributed by atoms with van der Waals surface area (Å²) >= 11 is 6.74. The van der Waals surface area contributed by atoms with Crippen LogP contribution in [0.25, 0.3) is 0 Å². The fourth-order valence-electron chi connectivity index (χ4n) is 13.2. The van der Waals surface area contributed by atoms with Crippen LogP contribution in [0.15, 0.2) is 0 Å². The third-order valence-corrected chi connectivity index (χ3v) is 15.7. The Hall–Kier alpha value is -1.38. The van der Waals surface area contributed by atoms with Crippen LogP contribution in [0.2, 0.25) is 0 Å². The van der Waals surface area contributed by atoms with E-state index in [-0.39, 0.29) is 47.4 Å². The predicted octanol–water partition coefficient (Wildman–Crippen LogP) is 6.22. The fraction of sp³-hybridized carbons (Fsp3) is 0.927. The number of aliphatic hydroxyl groups is 1. The average molecular weight is 715 g/mol. The summed E-state index contributed by atoms with van der Waals surface area (Å²) in [6.07, 6.45) is 19.6. The van der Waals surface area contributed by atoms with E-state index in [9.17, 15) is 19.5 Å². The Kier molecular flexibility index (Phi) is 11.2. The van der Waals surface area contributed by atoms with Gasteiger partial charge in [-0.3, -0.25) is 14.4 Å². The first-order valence-electron chi connectivity index (χ1n) is 20.8. The summed E-state index contributed by atoms with van der Waals surface area (Å²) in [6, 6.07) is -1.36. The highest BCUT2D eigenvalue weighted by molar-refractivity contribution is 6.20. The molecule has 7 aliphatic carbocycles. The molecule has 10 atom stereocenters. The van der Waals surface area contributed by atoms with Crippen molar-refractivity contribution in [3.05, 3.63) is 0 Å². The Morgan fingerprint density at radius 2 is 1.60 bits per heavy atom. The highest BCUT2D eigenvalue weighted by atomic mass is 35.5. The second-order valence-corrected chi connectivity index (χ2v) is 19.6. The Bertz CT molecular complexity index is 1230. The van der Waals surface area contributed by atoms with Crippen molar-refractivity contribution in [3.8, 4) is 0 Å². The molecule has 0 aromatic rings. The summed E-state index contributed by atoms with van der Waals surface area (Å²) in [7, 11) is 4.08. The molecule has 8 rings (SSSR count). The lowest BCUT2D eigenvalue weighted by Gasteiger charge is -2.62. The molecule has 8 fully saturated rings. The number of hydrogen-bond donors (Lipinski definition) is 2. The number of carbonyl (C=O) groups excluding carboxylic acids is 3. The molecule has 8 aliphatic rings. The van der Waals surface area contributed by atoms with Crippen LogP contribution in [0.5, 0.6) is 0 Å². The molecule has 1 aliphatic heterocycles. The number of rotatable bonds is 11. The number of carbonyl (C=O) groups is 3. The van der Waals surface area contributed by atoms with E-state index in [4.69, 9.17) is 11.6 Å². The molecule has 9 heteroatoms. The maximum atomic E-state index is 14.8. The number of β-amino-alcohol motifs (C(OH)–C–C–N with tert-alkyl or cyclic N) is 1. The minimum absolute atomic E-state index is 0.0296. The zero-order chi connectivity index (χ0) is 35.2. The van der Waals surface area contributed by atoms with Crippen molar-refractivity contribution < 1.29 is 19.5 Å². The molecule has 0 spiro atoms. The van der Waals surface area contributed by atoms with E-state index < -0.39 is 23.6 Å². The van der Waals surface area contributed by atoms with Gasteiger partial charge in [0.15, 0.2) is 0 Å². The number of alkyl halides is 1. The van der Waals surface area contributed by atoms with Crippen molar-refractivity contribution in [1.29, 1.82) is 0 Å². The number of nitrogens with one attached hydrogen (secondary N) is 1. The first-order chi connectivity index (χ1) is 24.0. The van der Waals surface area contributed by atoms with Crippen LogP contribution in [0.1, 0.15) is 129 Å². The van der Waals surface area contributed by atoms with Crippen LogP contribution < -0.4 is 5.32 Å². The van der Waals surface area contributed by atoms with Crippen LogP contribution in [0, 0.1) is 46.3 Å². The van der Waals surface area contributed by atoms with E-state index in [1.807, 2.05) is 11.9 Å². The molecule has 2 N–H and O–H groups in total. The summed E-state index contributed by atoms with van der Waals surface area (Å²) < 4.78 is 0. The van der Waals surface area contributed by atoms with Gasteiger partial charge in [0.25, 0.3) is 0 Å². The fourth-order valence-corrected chi connectivity index (χ4v) is 13.6. The zero-order valence-corrected chi connectivity index (χ0v) is 32.2. The van der Waals surface area contributed by atoms with Crippen LogP contribution in [-0.2, 0) is 14.4 Å². The third-order valence-electron chi connectivity index (χ3n) is 15.2. The van der Waals surface area contributed by atoms with Crippen LogP contribution in [-0.4, -0.2) is 101 Å². The molecular formula is C41H67ClN4O4. The smallest absolute Gasteiger partial charge is 0.244 e. The highest BCUT2D eigenvalue weighted by Crippen LogP contribution is 2.66. The van der Waals surface area contributed by atoms with E-state index in [1.165, 1.54) is 51.4 Å². The van der Waals surface area contributed by atoms with Crippen LogP contribution >= 0.6 is 11.6 Å². The molecule has 0 aromatic heterocycles. The number of hydrogen-bond acceptors (Lipinski definition) is 5. The second-order valence-electron chi connectivity index (χ2n) is 19.0. The largest absolute Gasteiger partial charge is 0.391 e. The minimum Gasteiger partial charge on any atom is -0.391 e. The predicted molar refractivity (Wildman–Crippen MR) is 197 cm³/mol. The van der Waals surface area contributed by atoms with Crippen LogP contribution in [0.3, 0.4) is 0 Å². The molecule has 3 amide bonds. The molecule has 9 unspecified atom stereocenters. The number of aliphatic hydroxyl groups excluding tert-OH is 1. The van der Waals surface area contributed by atoms with E-state index in [0.29, 0.717) is 30.7 Å². The van der Waals surface area contributed by atoms with Gasteiger partial charge >= 0.3 is 0 Å². The molecular weight excluding hydrogens is 648 g/mol. The third kappa shape index (κ3) is 7.65. The van der Waals surface area contributed by atoms with E-state index in [0.717, 1.165) is 82.7 Å². The Morgan fingerprint density at radius 3 is 2.32 bits per heavy atom. The molecule has 7 saturated carbocycles. The van der Waals surface area contributed by atoms with Crippen molar-refractivity contribution in [1.82, 2.24) is 20.0 Å². The second kappa shape index (κ2) is 15.2. The van der Waals surface area contributed by atoms with Gasteiger partial charge < -0.3 is 25.1 Å².